The maximum atomic E-state index is 5.34. The Bertz CT molecular complexity index is 271. The van der Waals surface area contributed by atoms with Gasteiger partial charge in [-0.3, -0.25) is 0 Å². The lowest BCUT2D eigenvalue weighted by Gasteiger charge is -2.18. The molecule has 2 heteroatoms. The van der Waals surface area contributed by atoms with Crippen LogP contribution < -0.4 is 5.32 Å². The number of hydrogen-bond acceptors (Lipinski definition) is 2. The molecule has 0 aliphatic heterocycles. The fourth-order valence-corrected chi connectivity index (χ4v) is 1.74. The van der Waals surface area contributed by atoms with Gasteiger partial charge in [0.05, 0.1) is 12.3 Å². The molecule has 0 aliphatic carbocycles. The Morgan fingerprint density at radius 3 is 2.62 bits per heavy atom. The summed E-state index contributed by atoms with van der Waals surface area (Å²) < 4.78 is 5.34. The third-order valence-electron chi connectivity index (χ3n) is 2.77. The molecule has 16 heavy (non-hydrogen) atoms. The summed E-state index contributed by atoms with van der Waals surface area (Å²) in [7, 11) is 0. The van der Waals surface area contributed by atoms with Crippen molar-refractivity contribution in [2.75, 3.05) is 6.54 Å². The van der Waals surface area contributed by atoms with Crippen LogP contribution in [0.1, 0.15) is 58.8 Å². The van der Waals surface area contributed by atoms with Crippen LogP contribution in [0.5, 0.6) is 0 Å². The number of furan rings is 1. The molecule has 1 unspecified atom stereocenters. The van der Waals surface area contributed by atoms with E-state index in [4.69, 9.17) is 4.42 Å². The lowest BCUT2D eigenvalue weighted by molar-refractivity contribution is 0.353. The van der Waals surface area contributed by atoms with Crippen LogP contribution in [0.15, 0.2) is 22.8 Å². The lowest BCUT2D eigenvalue weighted by Crippen LogP contribution is -2.19. The van der Waals surface area contributed by atoms with E-state index in [-0.39, 0.29) is 0 Å². The highest BCUT2D eigenvalue weighted by atomic mass is 16.3. The van der Waals surface area contributed by atoms with Crippen LogP contribution in [0.4, 0.5) is 0 Å². The Labute approximate surface area is 99.4 Å². The highest BCUT2D eigenvalue weighted by Crippen LogP contribution is 2.21. The first-order valence-corrected chi connectivity index (χ1v) is 6.26. The van der Waals surface area contributed by atoms with Crippen molar-refractivity contribution in [2.24, 2.45) is 5.41 Å². The normalized spacial score (nSPS) is 14.0. The third kappa shape index (κ3) is 5.36. The van der Waals surface area contributed by atoms with Crippen molar-refractivity contribution >= 4 is 0 Å². The zero-order chi connectivity index (χ0) is 12.0. The minimum absolute atomic E-state index is 0.324. The minimum atomic E-state index is 0.324. The summed E-state index contributed by atoms with van der Waals surface area (Å²) in [6.07, 6.45) is 5.56. The first-order valence-electron chi connectivity index (χ1n) is 6.26. The van der Waals surface area contributed by atoms with E-state index in [2.05, 4.69) is 33.0 Å². The van der Waals surface area contributed by atoms with E-state index in [9.17, 15) is 0 Å². The quantitative estimate of drug-likeness (QED) is 0.733. The van der Waals surface area contributed by atoms with E-state index in [0.717, 1.165) is 12.3 Å². The van der Waals surface area contributed by atoms with Gasteiger partial charge in [-0.1, -0.05) is 27.2 Å². The van der Waals surface area contributed by atoms with E-state index in [1.807, 2.05) is 12.1 Å². The zero-order valence-electron chi connectivity index (χ0n) is 11.0. The first kappa shape index (κ1) is 13.3. The van der Waals surface area contributed by atoms with Crippen molar-refractivity contribution in [2.45, 2.75) is 53.0 Å². The predicted octanol–water partition coefficient (Wildman–Crippen LogP) is 4.15. The molecule has 0 saturated heterocycles. The minimum Gasteiger partial charge on any atom is -0.468 e. The number of unbranched alkanes of at least 4 members (excludes halogenated alkanes) is 1. The van der Waals surface area contributed by atoms with Gasteiger partial charge < -0.3 is 9.73 Å². The summed E-state index contributed by atoms with van der Waals surface area (Å²) in [4.78, 5) is 0. The topological polar surface area (TPSA) is 25.2 Å². The van der Waals surface area contributed by atoms with Crippen molar-refractivity contribution in [3.8, 4) is 0 Å². The average Bonchev–Trinajstić information content (AvgIpc) is 2.67. The predicted molar refractivity (Wildman–Crippen MR) is 68.4 cm³/mol. The second-order valence-corrected chi connectivity index (χ2v) is 5.71. The van der Waals surface area contributed by atoms with Gasteiger partial charge in [0, 0.05) is 0 Å². The summed E-state index contributed by atoms with van der Waals surface area (Å²) in [6, 6.07) is 4.28. The second-order valence-electron chi connectivity index (χ2n) is 5.71. The smallest absolute Gasteiger partial charge is 0.120 e. The number of hydrogen-bond donors (Lipinski definition) is 1. The molecular formula is C14H25NO. The highest BCUT2D eigenvalue weighted by Gasteiger charge is 2.10. The average molecular weight is 223 g/mol. The van der Waals surface area contributed by atoms with Crippen molar-refractivity contribution in [3.05, 3.63) is 24.2 Å². The maximum Gasteiger partial charge on any atom is 0.120 e. The van der Waals surface area contributed by atoms with Crippen molar-refractivity contribution in [1.82, 2.24) is 5.32 Å². The SMILES string of the molecule is CC(NCCCCC(C)(C)C)c1ccco1. The fourth-order valence-electron chi connectivity index (χ4n) is 1.74. The van der Waals surface area contributed by atoms with Gasteiger partial charge in [-0.2, -0.15) is 0 Å². The molecule has 0 bridgehead atoms. The molecule has 1 rings (SSSR count). The fraction of sp³-hybridized carbons (Fsp3) is 0.714. The van der Waals surface area contributed by atoms with E-state index in [0.29, 0.717) is 11.5 Å². The molecule has 1 N–H and O–H groups in total. The summed E-state index contributed by atoms with van der Waals surface area (Å²) in [5.41, 5.74) is 0.465. The van der Waals surface area contributed by atoms with Gasteiger partial charge in [0.1, 0.15) is 5.76 Å². The standard InChI is InChI=1S/C14H25NO/c1-12(13-8-7-11-16-13)15-10-6-5-9-14(2,3)4/h7-8,11-12,15H,5-6,9-10H2,1-4H3. The third-order valence-corrected chi connectivity index (χ3v) is 2.77. The molecular weight excluding hydrogens is 198 g/mol. The molecule has 1 heterocycles. The van der Waals surface area contributed by atoms with Gasteiger partial charge in [-0.25, -0.2) is 0 Å². The molecule has 2 nitrogen and oxygen atoms in total. The van der Waals surface area contributed by atoms with Gasteiger partial charge >= 0.3 is 0 Å². The van der Waals surface area contributed by atoms with Crippen LogP contribution in [-0.2, 0) is 0 Å². The monoisotopic (exact) mass is 223 g/mol. The summed E-state index contributed by atoms with van der Waals surface area (Å²) in [5.74, 6) is 1.02. The molecule has 0 amide bonds. The van der Waals surface area contributed by atoms with Crippen LogP contribution in [0.2, 0.25) is 0 Å². The van der Waals surface area contributed by atoms with Crippen molar-refractivity contribution < 1.29 is 4.42 Å². The van der Waals surface area contributed by atoms with Crippen LogP contribution >= 0.6 is 0 Å². The molecule has 1 aromatic rings. The zero-order valence-corrected chi connectivity index (χ0v) is 11.0. The summed E-state index contributed by atoms with van der Waals surface area (Å²) in [6.45, 7) is 10.1. The Morgan fingerprint density at radius 2 is 2.06 bits per heavy atom. The molecule has 0 saturated carbocycles. The molecule has 0 fully saturated rings. The van der Waals surface area contributed by atoms with Crippen LogP contribution in [0, 0.1) is 5.41 Å². The van der Waals surface area contributed by atoms with Gasteiger partial charge in [-0.05, 0) is 43.9 Å². The van der Waals surface area contributed by atoms with Crippen molar-refractivity contribution in [3.63, 3.8) is 0 Å². The molecule has 0 aromatic carbocycles. The number of nitrogens with one attached hydrogen (secondary N) is 1. The van der Waals surface area contributed by atoms with E-state index >= 15 is 0 Å². The lowest BCUT2D eigenvalue weighted by atomic mass is 9.90. The molecule has 1 atom stereocenters. The highest BCUT2D eigenvalue weighted by molar-refractivity contribution is 5.02. The maximum absolute atomic E-state index is 5.34. The first-order chi connectivity index (χ1) is 7.49. The molecule has 0 aliphatic rings. The van der Waals surface area contributed by atoms with E-state index in [1.54, 1.807) is 6.26 Å². The summed E-state index contributed by atoms with van der Waals surface area (Å²) >= 11 is 0. The second kappa shape index (κ2) is 6.09. The largest absolute Gasteiger partial charge is 0.468 e. The molecule has 0 radical (unpaired) electrons. The van der Waals surface area contributed by atoms with Gasteiger partial charge in [0.2, 0.25) is 0 Å². The van der Waals surface area contributed by atoms with Gasteiger partial charge in [-0.15, -0.1) is 0 Å². The Morgan fingerprint density at radius 1 is 1.31 bits per heavy atom. The van der Waals surface area contributed by atoms with Crippen LogP contribution in [-0.4, -0.2) is 6.54 Å². The van der Waals surface area contributed by atoms with E-state index < -0.39 is 0 Å². The molecule has 0 spiro atoms. The van der Waals surface area contributed by atoms with Gasteiger partial charge in [0.15, 0.2) is 0 Å². The molecule has 92 valence electrons. The Hall–Kier alpha value is -0.760. The molecule has 1 aromatic heterocycles. The summed E-state index contributed by atoms with van der Waals surface area (Å²) in [5, 5.41) is 3.48. The van der Waals surface area contributed by atoms with Crippen LogP contribution in [0.3, 0.4) is 0 Å². The Balaban J connectivity index is 2.08. The van der Waals surface area contributed by atoms with Crippen LogP contribution in [0.25, 0.3) is 0 Å². The number of rotatable bonds is 6. The van der Waals surface area contributed by atoms with Crippen molar-refractivity contribution in [1.29, 1.82) is 0 Å². The van der Waals surface area contributed by atoms with E-state index in [1.165, 1.54) is 19.3 Å². The van der Waals surface area contributed by atoms with Gasteiger partial charge in [0.25, 0.3) is 0 Å². The Kier molecular flexibility index (Phi) is 5.07.